The van der Waals surface area contributed by atoms with Gasteiger partial charge in [-0.05, 0) is 32.5 Å². The standard InChI is InChI=1S/C14H32N2/c1-4-7-8-9-10-11-14(15)12-13-16(5-2)6-3/h14H,4-13,15H2,1-3H3. The molecule has 0 radical (unpaired) electrons. The van der Waals surface area contributed by atoms with E-state index in [0.717, 1.165) is 19.5 Å². The summed E-state index contributed by atoms with van der Waals surface area (Å²) in [6, 6.07) is 0.419. The van der Waals surface area contributed by atoms with E-state index in [-0.39, 0.29) is 0 Å². The minimum absolute atomic E-state index is 0.419. The van der Waals surface area contributed by atoms with E-state index in [1.54, 1.807) is 0 Å². The van der Waals surface area contributed by atoms with Crippen molar-refractivity contribution in [2.24, 2.45) is 5.73 Å². The lowest BCUT2D eigenvalue weighted by atomic mass is 10.0. The van der Waals surface area contributed by atoms with Gasteiger partial charge < -0.3 is 10.6 Å². The fraction of sp³-hybridized carbons (Fsp3) is 1.00. The summed E-state index contributed by atoms with van der Waals surface area (Å²) >= 11 is 0. The van der Waals surface area contributed by atoms with Crippen molar-refractivity contribution in [1.29, 1.82) is 0 Å². The van der Waals surface area contributed by atoms with Gasteiger partial charge in [0.25, 0.3) is 0 Å². The molecule has 2 N–H and O–H groups in total. The maximum absolute atomic E-state index is 6.12. The average Bonchev–Trinajstić information content (AvgIpc) is 2.30. The van der Waals surface area contributed by atoms with E-state index in [1.807, 2.05) is 0 Å². The van der Waals surface area contributed by atoms with Gasteiger partial charge in [-0.2, -0.15) is 0 Å². The second-order valence-electron chi connectivity index (χ2n) is 4.78. The molecule has 0 saturated heterocycles. The van der Waals surface area contributed by atoms with Gasteiger partial charge in [0.05, 0.1) is 0 Å². The van der Waals surface area contributed by atoms with Gasteiger partial charge in [-0.1, -0.05) is 52.9 Å². The largest absolute Gasteiger partial charge is 0.328 e. The first kappa shape index (κ1) is 15.9. The van der Waals surface area contributed by atoms with Crippen LogP contribution in [0.3, 0.4) is 0 Å². The molecule has 0 aliphatic heterocycles. The van der Waals surface area contributed by atoms with Crippen molar-refractivity contribution in [2.75, 3.05) is 19.6 Å². The number of unbranched alkanes of at least 4 members (excludes halogenated alkanes) is 4. The summed E-state index contributed by atoms with van der Waals surface area (Å²) in [5, 5.41) is 0. The summed E-state index contributed by atoms with van der Waals surface area (Å²) in [5.41, 5.74) is 6.12. The van der Waals surface area contributed by atoms with Crippen LogP contribution in [0, 0.1) is 0 Å². The Kier molecular flexibility index (Phi) is 11.3. The molecular formula is C14H32N2. The summed E-state index contributed by atoms with van der Waals surface area (Å²) in [5.74, 6) is 0. The molecule has 0 aliphatic carbocycles. The first-order valence-corrected chi connectivity index (χ1v) is 7.22. The van der Waals surface area contributed by atoms with Gasteiger partial charge >= 0.3 is 0 Å². The first-order chi connectivity index (χ1) is 7.74. The fourth-order valence-corrected chi connectivity index (χ4v) is 2.04. The third-order valence-electron chi connectivity index (χ3n) is 3.39. The molecule has 0 amide bonds. The summed E-state index contributed by atoms with van der Waals surface area (Å²) in [6.07, 6.45) is 9.16. The monoisotopic (exact) mass is 228 g/mol. The highest BCUT2D eigenvalue weighted by molar-refractivity contribution is 4.64. The maximum Gasteiger partial charge on any atom is 0.00510 e. The van der Waals surface area contributed by atoms with Crippen LogP contribution < -0.4 is 5.73 Å². The summed E-state index contributed by atoms with van der Waals surface area (Å²) in [7, 11) is 0. The van der Waals surface area contributed by atoms with Crippen LogP contribution in [-0.2, 0) is 0 Å². The Labute approximate surface area is 103 Å². The van der Waals surface area contributed by atoms with Crippen molar-refractivity contribution in [3.63, 3.8) is 0 Å². The second-order valence-corrected chi connectivity index (χ2v) is 4.78. The minimum atomic E-state index is 0.419. The summed E-state index contributed by atoms with van der Waals surface area (Å²) in [6.45, 7) is 10.2. The Morgan fingerprint density at radius 2 is 1.50 bits per heavy atom. The van der Waals surface area contributed by atoms with Crippen LogP contribution in [0.5, 0.6) is 0 Å². The van der Waals surface area contributed by atoms with E-state index in [1.165, 1.54) is 45.1 Å². The number of nitrogens with zero attached hydrogens (tertiary/aromatic N) is 1. The van der Waals surface area contributed by atoms with Gasteiger partial charge in [0.15, 0.2) is 0 Å². The number of hydrogen-bond donors (Lipinski definition) is 1. The molecule has 0 bridgehead atoms. The molecule has 0 fully saturated rings. The highest BCUT2D eigenvalue weighted by Crippen LogP contribution is 2.08. The first-order valence-electron chi connectivity index (χ1n) is 7.22. The Hall–Kier alpha value is -0.0800. The van der Waals surface area contributed by atoms with E-state index < -0.39 is 0 Å². The molecule has 16 heavy (non-hydrogen) atoms. The Morgan fingerprint density at radius 3 is 2.06 bits per heavy atom. The zero-order valence-electron chi connectivity index (χ0n) is 11.7. The molecule has 0 spiro atoms. The molecule has 2 nitrogen and oxygen atoms in total. The van der Waals surface area contributed by atoms with Crippen LogP contribution >= 0.6 is 0 Å². The molecule has 2 heteroatoms. The SMILES string of the molecule is CCCCCCCC(N)CCN(CC)CC. The molecule has 0 aromatic carbocycles. The molecule has 0 heterocycles. The van der Waals surface area contributed by atoms with Gasteiger partial charge in [-0.15, -0.1) is 0 Å². The van der Waals surface area contributed by atoms with Crippen molar-refractivity contribution >= 4 is 0 Å². The molecule has 0 aromatic heterocycles. The van der Waals surface area contributed by atoms with Crippen LogP contribution in [0.1, 0.15) is 65.7 Å². The van der Waals surface area contributed by atoms with Crippen LogP contribution in [0.2, 0.25) is 0 Å². The lowest BCUT2D eigenvalue weighted by Crippen LogP contribution is -2.30. The van der Waals surface area contributed by atoms with Crippen molar-refractivity contribution in [3.05, 3.63) is 0 Å². The van der Waals surface area contributed by atoms with Gasteiger partial charge in [0, 0.05) is 6.04 Å². The lowest BCUT2D eigenvalue weighted by Gasteiger charge is -2.20. The van der Waals surface area contributed by atoms with Crippen molar-refractivity contribution in [2.45, 2.75) is 71.8 Å². The average molecular weight is 228 g/mol. The molecule has 98 valence electrons. The zero-order valence-corrected chi connectivity index (χ0v) is 11.7. The Balaban J connectivity index is 3.33. The van der Waals surface area contributed by atoms with Crippen LogP contribution in [0.25, 0.3) is 0 Å². The van der Waals surface area contributed by atoms with E-state index in [0.29, 0.717) is 6.04 Å². The summed E-state index contributed by atoms with van der Waals surface area (Å²) < 4.78 is 0. The summed E-state index contributed by atoms with van der Waals surface area (Å²) in [4.78, 5) is 2.46. The van der Waals surface area contributed by atoms with Gasteiger partial charge in [0.1, 0.15) is 0 Å². The molecule has 0 aromatic rings. The van der Waals surface area contributed by atoms with Crippen molar-refractivity contribution < 1.29 is 0 Å². The molecule has 0 saturated carbocycles. The third-order valence-corrected chi connectivity index (χ3v) is 3.39. The predicted molar refractivity (Wildman–Crippen MR) is 73.8 cm³/mol. The quantitative estimate of drug-likeness (QED) is 0.549. The topological polar surface area (TPSA) is 29.3 Å². The normalized spacial score (nSPS) is 13.3. The van der Waals surface area contributed by atoms with Gasteiger partial charge in [-0.25, -0.2) is 0 Å². The fourth-order valence-electron chi connectivity index (χ4n) is 2.04. The molecule has 0 aliphatic rings. The van der Waals surface area contributed by atoms with E-state index in [9.17, 15) is 0 Å². The van der Waals surface area contributed by atoms with Crippen LogP contribution in [0.15, 0.2) is 0 Å². The molecule has 1 unspecified atom stereocenters. The van der Waals surface area contributed by atoms with Crippen molar-refractivity contribution in [3.8, 4) is 0 Å². The van der Waals surface area contributed by atoms with Gasteiger partial charge in [-0.3, -0.25) is 0 Å². The Bertz CT molecular complexity index is 133. The molecular weight excluding hydrogens is 196 g/mol. The van der Waals surface area contributed by atoms with Crippen molar-refractivity contribution in [1.82, 2.24) is 4.90 Å². The number of rotatable bonds is 11. The third kappa shape index (κ3) is 9.17. The van der Waals surface area contributed by atoms with E-state index in [2.05, 4.69) is 25.7 Å². The highest BCUT2D eigenvalue weighted by Gasteiger charge is 2.05. The van der Waals surface area contributed by atoms with Crippen LogP contribution in [0.4, 0.5) is 0 Å². The predicted octanol–water partition coefficient (Wildman–Crippen LogP) is 3.41. The maximum atomic E-state index is 6.12. The number of nitrogens with two attached hydrogens (primary N) is 1. The zero-order chi connectivity index (χ0) is 12.2. The number of hydrogen-bond acceptors (Lipinski definition) is 2. The molecule has 1 atom stereocenters. The molecule has 0 rings (SSSR count). The highest BCUT2D eigenvalue weighted by atomic mass is 15.1. The Morgan fingerprint density at radius 1 is 0.875 bits per heavy atom. The lowest BCUT2D eigenvalue weighted by molar-refractivity contribution is 0.286. The van der Waals surface area contributed by atoms with E-state index in [4.69, 9.17) is 5.73 Å². The smallest absolute Gasteiger partial charge is 0.00510 e. The van der Waals surface area contributed by atoms with Crippen LogP contribution in [-0.4, -0.2) is 30.6 Å². The second kappa shape index (κ2) is 11.4. The van der Waals surface area contributed by atoms with Gasteiger partial charge in [0.2, 0.25) is 0 Å². The van der Waals surface area contributed by atoms with E-state index >= 15 is 0 Å². The minimum Gasteiger partial charge on any atom is -0.328 e.